The van der Waals surface area contributed by atoms with Crippen LogP contribution in [-0.4, -0.2) is 11.2 Å². The van der Waals surface area contributed by atoms with Crippen molar-refractivity contribution in [2.24, 2.45) is 18.7 Å². The molecule has 1 aromatic carbocycles. The lowest BCUT2D eigenvalue weighted by Crippen LogP contribution is -2.26. The van der Waals surface area contributed by atoms with Crippen LogP contribution in [-0.2, 0) is 7.05 Å². The number of hydrogen-bond acceptors (Lipinski definition) is 3. The minimum atomic E-state index is -0.264. The molecule has 0 aliphatic rings. The number of rotatable bonds is 5. The fourth-order valence-electron chi connectivity index (χ4n) is 2.28. The van der Waals surface area contributed by atoms with Gasteiger partial charge < -0.3 is 15.0 Å². The van der Waals surface area contributed by atoms with Crippen molar-refractivity contribution in [2.45, 2.75) is 26.8 Å². The number of nitrogens with zero attached hydrogens (tertiary/aromatic N) is 1. The Kier molecular flexibility index (Phi) is 5.03. The maximum atomic E-state index is 12.3. The Hall–Kier alpha value is -2.07. The molecule has 0 spiro atoms. The Bertz CT molecular complexity index is 685. The number of benzene rings is 1. The second-order valence-electron chi connectivity index (χ2n) is 6.06. The molecule has 118 valence electrons. The third-order valence-electron chi connectivity index (χ3n) is 3.56. The molecule has 0 aliphatic carbocycles. The Morgan fingerprint density at radius 2 is 1.73 bits per heavy atom. The van der Waals surface area contributed by atoms with Gasteiger partial charge in [0, 0.05) is 18.7 Å². The van der Waals surface area contributed by atoms with Crippen LogP contribution in [0.25, 0.3) is 11.3 Å². The average Bonchev–Trinajstić information content (AvgIpc) is 2.48. The van der Waals surface area contributed by atoms with E-state index in [9.17, 15) is 4.79 Å². The van der Waals surface area contributed by atoms with Gasteiger partial charge in [-0.15, -0.1) is 0 Å². The summed E-state index contributed by atoms with van der Waals surface area (Å²) in [6.07, 6.45) is 0. The van der Waals surface area contributed by atoms with Crippen molar-refractivity contribution in [3.8, 4) is 17.0 Å². The first kappa shape index (κ1) is 16.3. The third-order valence-corrected chi connectivity index (χ3v) is 3.56. The maximum Gasteiger partial charge on any atom is 0.255 e. The highest BCUT2D eigenvalue weighted by molar-refractivity contribution is 5.61. The van der Waals surface area contributed by atoms with E-state index in [1.807, 2.05) is 43.3 Å². The first-order valence-electron chi connectivity index (χ1n) is 7.59. The van der Waals surface area contributed by atoms with E-state index in [0.717, 1.165) is 17.0 Å². The Balaban J connectivity index is 2.29. The predicted octanol–water partition coefficient (Wildman–Crippen LogP) is 3.11. The van der Waals surface area contributed by atoms with Crippen LogP contribution in [0.1, 0.15) is 32.4 Å². The van der Waals surface area contributed by atoms with Crippen LogP contribution in [0, 0.1) is 5.92 Å². The lowest BCUT2D eigenvalue weighted by molar-refractivity contribution is 0.271. The molecule has 0 bridgehead atoms. The number of hydrogen-bond donors (Lipinski definition) is 1. The van der Waals surface area contributed by atoms with Gasteiger partial charge in [0.05, 0.1) is 12.3 Å². The summed E-state index contributed by atoms with van der Waals surface area (Å²) in [5.74, 6) is 1.33. The molecule has 1 aromatic heterocycles. The molecule has 4 nitrogen and oxygen atoms in total. The summed E-state index contributed by atoms with van der Waals surface area (Å²) < 4.78 is 7.32. The quantitative estimate of drug-likeness (QED) is 0.923. The second-order valence-corrected chi connectivity index (χ2v) is 6.06. The zero-order chi connectivity index (χ0) is 16.3. The van der Waals surface area contributed by atoms with Gasteiger partial charge in [-0.3, -0.25) is 4.79 Å². The van der Waals surface area contributed by atoms with Gasteiger partial charge in [-0.1, -0.05) is 13.8 Å². The van der Waals surface area contributed by atoms with Gasteiger partial charge in [0.2, 0.25) is 0 Å². The first-order valence-corrected chi connectivity index (χ1v) is 7.59. The summed E-state index contributed by atoms with van der Waals surface area (Å²) in [6.45, 7) is 6.74. The van der Waals surface area contributed by atoms with Crippen LogP contribution in [0.5, 0.6) is 5.75 Å². The molecule has 0 radical (unpaired) electrons. The van der Waals surface area contributed by atoms with Crippen LogP contribution in [0.2, 0.25) is 0 Å². The third kappa shape index (κ3) is 3.57. The van der Waals surface area contributed by atoms with E-state index in [2.05, 4.69) is 13.8 Å². The summed E-state index contributed by atoms with van der Waals surface area (Å²) in [4.78, 5) is 12.3. The molecule has 22 heavy (non-hydrogen) atoms. The van der Waals surface area contributed by atoms with E-state index in [1.54, 1.807) is 11.6 Å². The highest BCUT2D eigenvalue weighted by Crippen LogP contribution is 2.22. The van der Waals surface area contributed by atoms with E-state index in [1.165, 1.54) is 0 Å². The standard InChI is InChI=1S/C18H24N2O2/c1-12(2)11-22-15-7-5-14(6-8-15)17-10-9-16(13(3)19)18(21)20(17)4/h5-10,12-13H,11,19H2,1-4H3. The van der Waals surface area contributed by atoms with Gasteiger partial charge in [0.1, 0.15) is 5.75 Å². The molecule has 0 amide bonds. The molecule has 2 N–H and O–H groups in total. The molecule has 2 aromatic rings. The lowest BCUT2D eigenvalue weighted by Gasteiger charge is -2.13. The summed E-state index contributed by atoms with van der Waals surface area (Å²) in [5, 5.41) is 0. The highest BCUT2D eigenvalue weighted by atomic mass is 16.5. The Morgan fingerprint density at radius 3 is 2.27 bits per heavy atom. The number of ether oxygens (including phenoxy) is 1. The normalized spacial score (nSPS) is 12.5. The monoisotopic (exact) mass is 300 g/mol. The van der Waals surface area contributed by atoms with Gasteiger partial charge >= 0.3 is 0 Å². The first-order chi connectivity index (χ1) is 10.4. The summed E-state index contributed by atoms with van der Waals surface area (Å²) in [6, 6.07) is 11.3. The lowest BCUT2D eigenvalue weighted by atomic mass is 10.1. The number of pyridine rings is 1. The van der Waals surface area contributed by atoms with Crippen molar-refractivity contribution in [2.75, 3.05) is 6.61 Å². The Morgan fingerprint density at radius 1 is 1.09 bits per heavy atom. The number of aromatic nitrogens is 1. The average molecular weight is 300 g/mol. The SMILES string of the molecule is CC(C)COc1ccc(-c2ccc(C(C)N)c(=O)n2C)cc1. The summed E-state index contributed by atoms with van der Waals surface area (Å²) in [5.41, 5.74) is 8.24. The fourth-order valence-corrected chi connectivity index (χ4v) is 2.28. The van der Waals surface area contributed by atoms with Crippen molar-refractivity contribution in [3.05, 3.63) is 52.3 Å². The molecule has 2 rings (SSSR count). The zero-order valence-corrected chi connectivity index (χ0v) is 13.7. The summed E-state index contributed by atoms with van der Waals surface area (Å²) >= 11 is 0. The van der Waals surface area contributed by atoms with Crippen LogP contribution in [0.4, 0.5) is 0 Å². The van der Waals surface area contributed by atoms with E-state index >= 15 is 0 Å². The molecule has 1 heterocycles. The molecular formula is C18H24N2O2. The Labute approximate surface area is 131 Å². The van der Waals surface area contributed by atoms with Crippen molar-refractivity contribution < 1.29 is 4.74 Å². The van der Waals surface area contributed by atoms with E-state index in [0.29, 0.717) is 18.1 Å². The fraction of sp³-hybridized carbons (Fsp3) is 0.389. The van der Waals surface area contributed by atoms with Crippen LogP contribution in [0.15, 0.2) is 41.2 Å². The highest BCUT2D eigenvalue weighted by Gasteiger charge is 2.10. The van der Waals surface area contributed by atoms with Crippen molar-refractivity contribution in [1.82, 2.24) is 4.57 Å². The van der Waals surface area contributed by atoms with Gasteiger partial charge in [0.15, 0.2) is 0 Å². The van der Waals surface area contributed by atoms with Crippen molar-refractivity contribution >= 4 is 0 Å². The van der Waals surface area contributed by atoms with E-state index in [4.69, 9.17) is 10.5 Å². The topological polar surface area (TPSA) is 57.2 Å². The molecule has 1 atom stereocenters. The predicted molar refractivity (Wildman–Crippen MR) is 90.1 cm³/mol. The van der Waals surface area contributed by atoms with Gasteiger partial charge in [-0.05, 0) is 54.8 Å². The molecule has 0 saturated heterocycles. The van der Waals surface area contributed by atoms with Crippen molar-refractivity contribution in [3.63, 3.8) is 0 Å². The summed E-state index contributed by atoms with van der Waals surface area (Å²) in [7, 11) is 1.77. The molecule has 0 aliphatic heterocycles. The smallest absolute Gasteiger partial charge is 0.255 e. The zero-order valence-electron chi connectivity index (χ0n) is 13.7. The molecule has 0 fully saturated rings. The van der Waals surface area contributed by atoms with Gasteiger partial charge in [0.25, 0.3) is 5.56 Å². The second kappa shape index (κ2) is 6.79. The largest absolute Gasteiger partial charge is 0.493 e. The van der Waals surface area contributed by atoms with Gasteiger partial charge in [-0.2, -0.15) is 0 Å². The minimum absolute atomic E-state index is 0.0485. The molecule has 1 unspecified atom stereocenters. The van der Waals surface area contributed by atoms with Crippen molar-refractivity contribution in [1.29, 1.82) is 0 Å². The van der Waals surface area contributed by atoms with Crippen LogP contribution < -0.4 is 16.0 Å². The minimum Gasteiger partial charge on any atom is -0.493 e. The molecular weight excluding hydrogens is 276 g/mol. The van der Waals surface area contributed by atoms with Gasteiger partial charge in [-0.25, -0.2) is 0 Å². The van der Waals surface area contributed by atoms with Crippen LogP contribution in [0.3, 0.4) is 0 Å². The number of nitrogens with two attached hydrogens (primary N) is 1. The molecule has 0 saturated carbocycles. The van der Waals surface area contributed by atoms with E-state index < -0.39 is 0 Å². The maximum absolute atomic E-state index is 12.3. The molecule has 4 heteroatoms. The van der Waals surface area contributed by atoms with Crippen LogP contribution >= 0.6 is 0 Å². The van der Waals surface area contributed by atoms with E-state index in [-0.39, 0.29) is 11.6 Å².